The normalized spacial score (nSPS) is 17.2. The fourth-order valence-corrected chi connectivity index (χ4v) is 4.95. The van der Waals surface area contributed by atoms with E-state index in [1.54, 1.807) is 20.0 Å². The van der Waals surface area contributed by atoms with Gasteiger partial charge in [-0.3, -0.25) is 9.69 Å². The standard InChI is InChI=1S/C17H19Cl2N3O4S/c1-10-14(17(24)21(2)20-10)16(23)11-3-4-13(18)12(15(11)19)9-22-5-7-27(25,26)8-6-22/h3-4,24H,5-9H2,1-2H3. The quantitative estimate of drug-likeness (QED) is 0.745. The Bertz CT molecular complexity index is 1000. The predicted octanol–water partition coefficient (Wildman–Crippen LogP) is 2.20. The Morgan fingerprint density at radius 3 is 2.44 bits per heavy atom. The van der Waals surface area contributed by atoms with Gasteiger partial charge >= 0.3 is 0 Å². The molecule has 0 amide bonds. The monoisotopic (exact) mass is 431 g/mol. The number of carbonyl (C=O) groups excluding carboxylic acids is 1. The number of aromatic nitrogens is 2. The molecule has 1 saturated heterocycles. The summed E-state index contributed by atoms with van der Waals surface area (Å²) in [5, 5.41) is 14.8. The van der Waals surface area contributed by atoms with E-state index in [1.165, 1.54) is 10.7 Å². The summed E-state index contributed by atoms with van der Waals surface area (Å²) < 4.78 is 24.4. The van der Waals surface area contributed by atoms with Gasteiger partial charge in [0.1, 0.15) is 5.56 Å². The zero-order valence-corrected chi connectivity index (χ0v) is 17.2. The number of aryl methyl sites for hydroxylation is 2. The lowest BCUT2D eigenvalue weighted by Gasteiger charge is -2.27. The molecule has 0 radical (unpaired) electrons. The topological polar surface area (TPSA) is 92.5 Å². The van der Waals surface area contributed by atoms with E-state index in [9.17, 15) is 18.3 Å². The van der Waals surface area contributed by atoms with Crippen LogP contribution in [0.15, 0.2) is 12.1 Å². The van der Waals surface area contributed by atoms with Crippen LogP contribution in [0.2, 0.25) is 10.0 Å². The molecule has 1 fully saturated rings. The molecule has 2 aromatic rings. The summed E-state index contributed by atoms with van der Waals surface area (Å²) in [6.07, 6.45) is 0. The number of hydrogen-bond acceptors (Lipinski definition) is 6. The highest BCUT2D eigenvalue weighted by molar-refractivity contribution is 7.91. The molecule has 146 valence electrons. The molecule has 1 aromatic carbocycles. The lowest BCUT2D eigenvalue weighted by molar-refractivity contribution is 0.103. The van der Waals surface area contributed by atoms with E-state index in [4.69, 9.17) is 23.2 Å². The molecule has 1 aliphatic heterocycles. The summed E-state index contributed by atoms with van der Waals surface area (Å²) in [5.41, 5.74) is 1.27. The van der Waals surface area contributed by atoms with Crippen LogP contribution in [0.3, 0.4) is 0 Å². The van der Waals surface area contributed by atoms with Crippen molar-refractivity contribution in [2.24, 2.45) is 7.05 Å². The van der Waals surface area contributed by atoms with Crippen LogP contribution in [0.1, 0.15) is 27.2 Å². The van der Waals surface area contributed by atoms with Gasteiger partial charge < -0.3 is 5.11 Å². The third kappa shape index (κ3) is 3.99. The Kier molecular flexibility index (Phi) is 5.54. The van der Waals surface area contributed by atoms with Gasteiger partial charge in [-0.1, -0.05) is 23.2 Å². The number of ketones is 1. The van der Waals surface area contributed by atoms with Crippen LogP contribution in [0, 0.1) is 6.92 Å². The van der Waals surface area contributed by atoms with Crippen molar-refractivity contribution in [2.75, 3.05) is 24.6 Å². The fraction of sp³-hybridized carbons (Fsp3) is 0.412. The Hall–Kier alpha value is -1.61. The molecule has 0 aliphatic carbocycles. The third-order valence-corrected chi connectivity index (χ3v) is 7.06. The van der Waals surface area contributed by atoms with E-state index in [2.05, 4.69) is 5.10 Å². The van der Waals surface area contributed by atoms with Gasteiger partial charge in [-0.15, -0.1) is 0 Å². The van der Waals surface area contributed by atoms with Crippen molar-refractivity contribution in [3.63, 3.8) is 0 Å². The van der Waals surface area contributed by atoms with Gasteiger partial charge in [-0.25, -0.2) is 13.1 Å². The predicted molar refractivity (Wildman–Crippen MR) is 103 cm³/mol. The molecule has 3 rings (SSSR count). The van der Waals surface area contributed by atoms with Gasteiger partial charge in [0, 0.05) is 42.8 Å². The smallest absolute Gasteiger partial charge is 0.220 e. The summed E-state index contributed by atoms with van der Waals surface area (Å²) >= 11 is 12.8. The molecule has 1 aromatic heterocycles. The van der Waals surface area contributed by atoms with Crippen molar-refractivity contribution >= 4 is 38.8 Å². The van der Waals surface area contributed by atoms with Crippen molar-refractivity contribution < 1.29 is 18.3 Å². The van der Waals surface area contributed by atoms with Crippen molar-refractivity contribution in [3.05, 3.63) is 44.6 Å². The summed E-state index contributed by atoms with van der Waals surface area (Å²) in [6, 6.07) is 3.10. The SMILES string of the molecule is Cc1nn(C)c(O)c1C(=O)c1ccc(Cl)c(CN2CCS(=O)(=O)CC2)c1Cl. The lowest BCUT2D eigenvalue weighted by Crippen LogP contribution is -2.39. The third-order valence-electron chi connectivity index (χ3n) is 4.67. The van der Waals surface area contributed by atoms with Crippen molar-refractivity contribution in [1.29, 1.82) is 0 Å². The Morgan fingerprint density at radius 2 is 1.89 bits per heavy atom. The maximum absolute atomic E-state index is 12.9. The lowest BCUT2D eigenvalue weighted by atomic mass is 10.0. The van der Waals surface area contributed by atoms with Crippen LogP contribution >= 0.6 is 23.2 Å². The minimum atomic E-state index is -2.99. The second kappa shape index (κ2) is 7.43. The number of sulfone groups is 1. The van der Waals surface area contributed by atoms with Crippen molar-refractivity contribution in [1.82, 2.24) is 14.7 Å². The van der Waals surface area contributed by atoms with Crippen LogP contribution in [0.5, 0.6) is 5.88 Å². The molecule has 1 aliphatic rings. The van der Waals surface area contributed by atoms with Gasteiger partial charge in [0.15, 0.2) is 9.84 Å². The number of carbonyl (C=O) groups is 1. The summed E-state index contributed by atoms with van der Waals surface area (Å²) in [4.78, 5) is 14.9. The average molecular weight is 432 g/mol. The maximum atomic E-state index is 12.9. The van der Waals surface area contributed by atoms with E-state index >= 15 is 0 Å². The molecular formula is C17H19Cl2N3O4S. The number of rotatable bonds is 4. The summed E-state index contributed by atoms with van der Waals surface area (Å²) in [7, 11) is -1.45. The number of aromatic hydroxyl groups is 1. The summed E-state index contributed by atoms with van der Waals surface area (Å²) in [5.74, 6) is -0.499. The highest BCUT2D eigenvalue weighted by atomic mass is 35.5. The molecule has 10 heteroatoms. The van der Waals surface area contributed by atoms with Crippen molar-refractivity contribution in [3.8, 4) is 5.88 Å². The number of halogens is 2. The molecule has 0 atom stereocenters. The van der Waals surface area contributed by atoms with Gasteiger partial charge in [0.05, 0.1) is 22.2 Å². The van der Waals surface area contributed by atoms with Crippen LogP contribution in [-0.4, -0.2) is 58.6 Å². The minimum absolute atomic E-state index is 0.0869. The second-order valence-electron chi connectivity index (χ2n) is 6.55. The maximum Gasteiger partial charge on any atom is 0.220 e. The van der Waals surface area contributed by atoms with Gasteiger partial charge in [-0.2, -0.15) is 5.10 Å². The fourth-order valence-electron chi connectivity index (χ4n) is 3.10. The van der Waals surface area contributed by atoms with E-state index in [-0.39, 0.29) is 33.5 Å². The average Bonchev–Trinajstić information content (AvgIpc) is 2.84. The molecule has 1 N–H and O–H groups in total. The van der Waals surface area contributed by atoms with Crippen molar-refractivity contribution in [2.45, 2.75) is 13.5 Å². The molecular weight excluding hydrogens is 413 g/mol. The molecule has 7 nitrogen and oxygen atoms in total. The van der Waals surface area contributed by atoms with Crippen LogP contribution in [0.25, 0.3) is 0 Å². The first-order valence-electron chi connectivity index (χ1n) is 8.27. The first-order chi connectivity index (χ1) is 12.6. The van der Waals surface area contributed by atoms with Gasteiger partial charge in [0.25, 0.3) is 0 Å². The molecule has 0 unspecified atom stereocenters. The van der Waals surface area contributed by atoms with Crippen LogP contribution < -0.4 is 0 Å². The van der Waals surface area contributed by atoms with Crippen LogP contribution in [0.4, 0.5) is 0 Å². The zero-order chi connectivity index (χ0) is 19.9. The van der Waals surface area contributed by atoms with E-state index in [1.807, 2.05) is 4.90 Å². The molecule has 27 heavy (non-hydrogen) atoms. The van der Waals surface area contributed by atoms with E-state index < -0.39 is 15.6 Å². The minimum Gasteiger partial charge on any atom is -0.493 e. The number of benzene rings is 1. The second-order valence-corrected chi connectivity index (χ2v) is 9.64. The number of nitrogens with zero attached hydrogens (tertiary/aromatic N) is 3. The Labute approximate surface area is 167 Å². The molecule has 2 heterocycles. The first kappa shape index (κ1) is 20.1. The molecule has 0 bridgehead atoms. The summed E-state index contributed by atoms with van der Waals surface area (Å²) in [6.45, 7) is 2.74. The van der Waals surface area contributed by atoms with E-state index in [0.717, 1.165) is 0 Å². The van der Waals surface area contributed by atoms with Gasteiger partial charge in [-0.05, 0) is 19.1 Å². The first-order valence-corrected chi connectivity index (χ1v) is 10.9. The number of hydrogen-bond donors (Lipinski definition) is 1. The van der Waals surface area contributed by atoms with Gasteiger partial charge in [0.2, 0.25) is 11.7 Å². The Morgan fingerprint density at radius 1 is 1.26 bits per heavy atom. The molecule has 0 spiro atoms. The highest BCUT2D eigenvalue weighted by Crippen LogP contribution is 2.33. The zero-order valence-electron chi connectivity index (χ0n) is 14.9. The largest absolute Gasteiger partial charge is 0.493 e. The van der Waals surface area contributed by atoms with E-state index in [0.29, 0.717) is 35.9 Å². The molecule has 0 saturated carbocycles. The van der Waals surface area contributed by atoms with Crippen LogP contribution in [-0.2, 0) is 23.4 Å². The Balaban J connectivity index is 1.93. The highest BCUT2D eigenvalue weighted by Gasteiger charge is 2.27.